The molecule has 0 N–H and O–H groups in total. The van der Waals surface area contributed by atoms with Crippen LogP contribution in [0.2, 0.25) is 5.02 Å². The lowest BCUT2D eigenvalue weighted by atomic mass is 10.2. The predicted octanol–water partition coefficient (Wildman–Crippen LogP) is 4.06. The van der Waals surface area contributed by atoms with E-state index < -0.39 is 0 Å². The second-order valence-corrected chi connectivity index (χ2v) is 8.21. The third kappa shape index (κ3) is 3.83. The number of hydrogen-bond acceptors (Lipinski definition) is 3. The van der Waals surface area contributed by atoms with Crippen LogP contribution < -0.4 is 4.90 Å². The summed E-state index contributed by atoms with van der Waals surface area (Å²) in [7, 11) is 0. The summed E-state index contributed by atoms with van der Waals surface area (Å²) in [6, 6.07) is 11.9. The second-order valence-electron chi connectivity index (χ2n) is 5.23. The molecular weight excluding hydrogens is 384 g/mol. The Bertz CT molecular complexity index is 668. The molecule has 1 amide bonds. The first-order chi connectivity index (χ1) is 10.6. The van der Waals surface area contributed by atoms with Crippen LogP contribution in [0.15, 0.2) is 40.2 Å². The molecule has 0 saturated carbocycles. The van der Waals surface area contributed by atoms with Gasteiger partial charge in [-0.25, -0.2) is 0 Å². The quantitative estimate of drug-likeness (QED) is 0.777. The maximum absolute atomic E-state index is 12.4. The molecule has 6 heteroatoms. The van der Waals surface area contributed by atoms with Gasteiger partial charge in [-0.3, -0.25) is 4.79 Å². The summed E-state index contributed by atoms with van der Waals surface area (Å²) in [5.41, 5.74) is 1.13. The third-order valence-corrected chi connectivity index (χ3v) is 5.62. The Morgan fingerprint density at radius 2 is 1.95 bits per heavy atom. The zero-order valence-electron chi connectivity index (χ0n) is 12.0. The molecule has 1 aliphatic heterocycles. The van der Waals surface area contributed by atoms with Crippen molar-refractivity contribution < 1.29 is 4.79 Å². The van der Waals surface area contributed by atoms with Crippen molar-refractivity contribution >= 4 is 50.5 Å². The van der Waals surface area contributed by atoms with E-state index in [2.05, 4.69) is 26.9 Å². The molecule has 0 spiro atoms. The monoisotopic (exact) mass is 398 g/mol. The highest BCUT2D eigenvalue weighted by Crippen LogP contribution is 2.24. The summed E-state index contributed by atoms with van der Waals surface area (Å²) < 4.78 is 1.07. The topological polar surface area (TPSA) is 23.6 Å². The molecule has 2 heterocycles. The molecule has 2 aromatic rings. The Balaban J connectivity index is 1.56. The molecule has 0 aliphatic carbocycles. The van der Waals surface area contributed by atoms with Crippen LogP contribution >= 0.6 is 38.9 Å². The number of nitrogens with zero attached hydrogens (tertiary/aromatic N) is 2. The lowest BCUT2D eigenvalue weighted by Crippen LogP contribution is -2.49. The Labute approximate surface area is 147 Å². The van der Waals surface area contributed by atoms with Crippen LogP contribution in [0, 0.1) is 0 Å². The van der Waals surface area contributed by atoms with Gasteiger partial charge in [0.2, 0.25) is 5.91 Å². The van der Waals surface area contributed by atoms with E-state index in [1.807, 2.05) is 35.2 Å². The minimum Gasteiger partial charge on any atom is -0.368 e. The van der Waals surface area contributed by atoms with Gasteiger partial charge in [0.1, 0.15) is 0 Å². The number of piperazine rings is 1. The van der Waals surface area contributed by atoms with E-state index in [0.29, 0.717) is 6.42 Å². The fourth-order valence-corrected chi connectivity index (χ4v) is 4.25. The molecule has 0 unspecified atom stereocenters. The summed E-state index contributed by atoms with van der Waals surface area (Å²) in [6.45, 7) is 3.22. The van der Waals surface area contributed by atoms with Crippen LogP contribution in [0.5, 0.6) is 0 Å². The van der Waals surface area contributed by atoms with E-state index in [-0.39, 0.29) is 5.91 Å². The zero-order valence-corrected chi connectivity index (χ0v) is 15.1. The van der Waals surface area contributed by atoms with Gasteiger partial charge in [0.05, 0.1) is 10.2 Å². The van der Waals surface area contributed by atoms with Gasteiger partial charge in [0.15, 0.2) is 0 Å². The van der Waals surface area contributed by atoms with Gasteiger partial charge in [-0.1, -0.05) is 17.7 Å². The molecule has 3 rings (SSSR count). The summed E-state index contributed by atoms with van der Waals surface area (Å²) in [5, 5.41) is 0.749. The Hall–Kier alpha value is -1.04. The van der Waals surface area contributed by atoms with Gasteiger partial charge >= 0.3 is 0 Å². The minimum absolute atomic E-state index is 0.208. The molecule has 1 aliphatic rings. The van der Waals surface area contributed by atoms with Gasteiger partial charge in [-0.05, 0) is 46.3 Å². The number of amides is 1. The number of rotatable bonds is 3. The van der Waals surface area contributed by atoms with Crippen molar-refractivity contribution in [3.8, 4) is 0 Å². The second kappa shape index (κ2) is 7.02. The molecule has 1 aromatic carbocycles. The molecule has 0 bridgehead atoms. The van der Waals surface area contributed by atoms with Gasteiger partial charge in [-0.15, -0.1) is 11.3 Å². The summed E-state index contributed by atoms with van der Waals surface area (Å²) in [6.07, 6.45) is 0.493. The summed E-state index contributed by atoms with van der Waals surface area (Å²) >= 11 is 11.1. The van der Waals surface area contributed by atoms with Crippen LogP contribution in [-0.2, 0) is 11.2 Å². The number of carbonyl (C=O) groups excluding carboxylic acids is 1. The SMILES string of the molecule is O=C(Cc1ccc(Br)s1)N1CCN(c2cccc(Cl)c2)CC1. The lowest BCUT2D eigenvalue weighted by Gasteiger charge is -2.36. The molecule has 1 saturated heterocycles. The highest BCUT2D eigenvalue weighted by molar-refractivity contribution is 9.11. The first kappa shape index (κ1) is 15.8. The van der Waals surface area contributed by atoms with Gasteiger partial charge in [0, 0.05) is 41.8 Å². The van der Waals surface area contributed by atoms with Gasteiger partial charge in [0.25, 0.3) is 0 Å². The number of anilines is 1. The number of thiophene rings is 1. The highest BCUT2D eigenvalue weighted by atomic mass is 79.9. The maximum atomic E-state index is 12.4. The Morgan fingerprint density at radius 3 is 2.59 bits per heavy atom. The predicted molar refractivity (Wildman–Crippen MR) is 96.0 cm³/mol. The lowest BCUT2D eigenvalue weighted by molar-refractivity contribution is -0.130. The van der Waals surface area contributed by atoms with Crippen molar-refractivity contribution in [3.63, 3.8) is 0 Å². The molecule has 1 aromatic heterocycles. The van der Waals surface area contributed by atoms with Crippen molar-refractivity contribution in [1.82, 2.24) is 4.90 Å². The maximum Gasteiger partial charge on any atom is 0.227 e. The first-order valence-electron chi connectivity index (χ1n) is 7.14. The van der Waals surface area contributed by atoms with E-state index in [4.69, 9.17) is 11.6 Å². The molecule has 1 fully saturated rings. The highest BCUT2D eigenvalue weighted by Gasteiger charge is 2.21. The Kier molecular flexibility index (Phi) is 5.06. The van der Waals surface area contributed by atoms with Crippen molar-refractivity contribution in [2.45, 2.75) is 6.42 Å². The molecule has 0 atom stereocenters. The first-order valence-corrected chi connectivity index (χ1v) is 9.13. The van der Waals surface area contributed by atoms with Crippen LogP contribution in [0.3, 0.4) is 0 Å². The number of hydrogen-bond donors (Lipinski definition) is 0. The van der Waals surface area contributed by atoms with Crippen LogP contribution in [-0.4, -0.2) is 37.0 Å². The number of carbonyl (C=O) groups is 1. The molecular formula is C16H16BrClN2OS. The molecule has 116 valence electrons. The molecule has 22 heavy (non-hydrogen) atoms. The average Bonchev–Trinajstić information content (AvgIpc) is 2.92. The van der Waals surface area contributed by atoms with Crippen LogP contribution in [0.4, 0.5) is 5.69 Å². The standard InChI is InChI=1S/C16H16BrClN2OS/c17-15-5-4-14(22-15)11-16(21)20-8-6-19(7-9-20)13-3-1-2-12(18)10-13/h1-5,10H,6-9,11H2. The van der Waals surface area contributed by atoms with E-state index in [1.165, 1.54) is 0 Å². The fourth-order valence-electron chi connectivity index (χ4n) is 2.59. The average molecular weight is 400 g/mol. The van der Waals surface area contributed by atoms with E-state index in [9.17, 15) is 4.79 Å². The summed E-state index contributed by atoms with van der Waals surface area (Å²) in [4.78, 5) is 17.7. The van der Waals surface area contributed by atoms with Crippen LogP contribution in [0.1, 0.15) is 4.88 Å². The van der Waals surface area contributed by atoms with Crippen molar-refractivity contribution in [2.24, 2.45) is 0 Å². The smallest absolute Gasteiger partial charge is 0.227 e. The van der Waals surface area contributed by atoms with E-state index >= 15 is 0 Å². The number of benzene rings is 1. The largest absolute Gasteiger partial charge is 0.368 e. The Morgan fingerprint density at radius 1 is 1.18 bits per heavy atom. The summed E-state index contributed by atoms with van der Waals surface area (Å²) in [5.74, 6) is 0.208. The third-order valence-electron chi connectivity index (χ3n) is 3.76. The number of halogens is 2. The molecule has 3 nitrogen and oxygen atoms in total. The van der Waals surface area contributed by atoms with Crippen molar-refractivity contribution in [2.75, 3.05) is 31.1 Å². The van der Waals surface area contributed by atoms with Crippen molar-refractivity contribution in [3.05, 3.63) is 50.1 Å². The van der Waals surface area contributed by atoms with Crippen LogP contribution in [0.25, 0.3) is 0 Å². The zero-order chi connectivity index (χ0) is 15.5. The van der Waals surface area contributed by atoms with Gasteiger partial charge in [-0.2, -0.15) is 0 Å². The normalized spacial score (nSPS) is 15.2. The van der Waals surface area contributed by atoms with Crippen molar-refractivity contribution in [1.29, 1.82) is 0 Å². The van der Waals surface area contributed by atoms with Gasteiger partial charge < -0.3 is 9.80 Å². The fraction of sp³-hybridized carbons (Fsp3) is 0.312. The minimum atomic E-state index is 0.208. The van der Waals surface area contributed by atoms with E-state index in [1.54, 1.807) is 11.3 Å². The van der Waals surface area contributed by atoms with E-state index in [0.717, 1.165) is 45.6 Å². The molecule has 0 radical (unpaired) electrons.